The molecule has 5 nitrogen and oxygen atoms in total. The Hall–Kier alpha value is -1.91. The molecular weight excluding hydrogens is 158 g/mol. The molecule has 0 aliphatic rings. The summed E-state index contributed by atoms with van der Waals surface area (Å²) in [4.78, 5) is 14.5. The highest BCUT2D eigenvalue weighted by molar-refractivity contribution is 5.44. The average molecular weight is 163 g/mol. The number of hydrogen-bond donors (Lipinski definition) is 1. The Morgan fingerprint density at radius 2 is 2.33 bits per heavy atom. The van der Waals surface area contributed by atoms with Crippen LogP contribution in [0.15, 0.2) is 33.6 Å². The summed E-state index contributed by atoms with van der Waals surface area (Å²) in [6, 6.07) is 5.27. The van der Waals surface area contributed by atoms with Crippen molar-refractivity contribution in [2.24, 2.45) is 0 Å². The molecule has 0 fully saturated rings. The molecule has 0 radical (unpaired) electrons. The molecule has 0 amide bonds. The average Bonchev–Trinajstić information content (AvgIpc) is 2.54. The van der Waals surface area contributed by atoms with Crippen LogP contribution in [0.1, 0.15) is 0 Å². The van der Waals surface area contributed by atoms with Crippen LogP contribution in [0.3, 0.4) is 0 Å². The van der Waals surface area contributed by atoms with Crippen molar-refractivity contribution in [3.05, 3.63) is 34.9 Å². The fourth-order valence-corrected chi connectivity index (χ4v) is 0.829. The molecule has 2 aromatic heterocycles. The predicted octanol–water partition coefficient (Wildman–Crippen LogP) is 0.425. The number of rotatable bonds is 1. The van der Waals surface area contributed by atoms with E-state index in [0.29, 0.717) is 5.69 Å². The van der Waals surface area contributed by atoms with Gasteiger partial charge in [0.2, 0.25) is 0 Å². The van der Waals surface area contributed by atoms with Crippen molar-refractivity contribution in [3.63, 3.8) is 0 Å². The molecule has 0 spiro atoms. The fourth-order valence-electron chi connectivity index (χ4n) is 0.829. The van der Waals surface area contributed by atoms with Crippen LogP contribution in [0, 0.1) is 0 Å². The summed E-state index contributed by atoms with van der Waals surface area (Å²) in [5.41, 5.74) is 0.538. The molecular formula is C7H5N3O2. The highest BCUT2D eigenvalue weighted by Gasteiger charge is 2.03. The first-order valence-corrected chi connectivity index (χ1v) is 3.33. The minimum atomic E-state index is -0.573. The summed E-state index contributed by atoms with van der Waals surface area (Å²) in [6.45, 7) is 0. The number of nitrogens with zero attached hydrogens (tertiary/aromatic N) is 2. The van der Waals surface area contributed by atoms with Crippen LogP contribution in [0.4, 0.5) is 0 Å². The third kappa shape index (κ3) is 1.12. The lowest BCUT2D eigenvalue weighted by Crippen LogP contribution is -1.93. The lowest BCUT2D eigenvalue weighted by molar-refractivity contribution is 0.525. The first-order valence-electron chi connectivity index (χ1n) is 3.33. The minimum Gasteiger partial charge on any atom is -0.386 e. The topological polar surface area (TPSA) is 71.8 Å². The molecule has 0 aliphatic carbocycles. The van der Waals surface area contributed by atoms with Crippen molar-refractivity contribution in [3.8, 4) is 11.6 Å². The number of pyridine rings is 1. The van der Waals surface area contributed by atoms with Crippen molar-refractivity contribution in [1.29, 1.82) is 0 Å². The van der Waals surface area contributed by atoms with Crippen molar-refractivity contribution < 1.29 is 4.42 Å². The van der Waals surface area contributed by atoms with E-state index in [1.165, 1.54) is 0 Å². The summed E-state index contributed by atoms with van der Waals surface area (Å²) in [5.74, 6) is -0.365. The number of nitrogens with one attached hydrogen (secondary N) is 1. The third-order valence-electron chi connectivity index (χ3n) is 1.32. The molecule has 1 N–H and O–H groups in total. The number of hydrogen-bond acceptors (Lipinski definition) is 4. The third-order valence-corrected chi connectivity index (χ3v) is 1.32. The Bertz CT molecular complexity index is 417. The van der Waals surface area contributed by atoms with E-state index < -0.39 is 5.76 Å². The SMILES string of the molecule is O=c1[nH]nc(-c2ccccn2)o1. The van der Waals surface area contributed by atoms with E-state index in [4.69, 9.17) is 0 Å². The van der Waals surface area contributed by atoms with Crippen LogP contribution >= 0.6 is 0 Å². The summed E-state index contributed by atoms with van der Waals surface area (Å²) in [5, 5.41) is 5.77. The summed E-state index contributed by atoms with van der Waals surface area (Å²) < 4.78 is 4.68. The molecule has 60 valence electrons. The molecule has 0 atom stereocenters. The van der Waals surface area contributed by atoms with E-state index in [1.54, 1.807) is 24.4 Å². The van der Waals surface area contributed by atoms with Crippen molar-refractivity contribution in [1.82, 2.24) is 15.2 Å². The van der Waals surface area contributed by atoms with Crippen LogP contribution in [0.2, 0.25) is 0 Å². The predicted molar refractivity (Wildman–Crippen MR) is 40.4 cm³/mol. The second-order valence-electron chi connectivity index (χ2n) is 2.13. The van der Waals surface area contributed by atoms with Gasteiger partial charge in [-0.3, -0.25) is 4.98 Å². The Balaban J connectivity index is 2.51. The van der Waals surface area contributed by atoms with Gasteiger partial charge in [-0.05, 0) is 12.1 Å². The normalized spacial score (nSPS) is 10.0. The van der Waals surface area contributed by atoms with Gasteiger partial charge >= 0.3 is 5.76 Å². The molecule has 2 heterocycles. The van der Waals surface area contributed by atoms with Gasteiger partial charge in [-0.25, -0.2) is 9.89 Å². The van der Waals surface area contributed by atoms with Crippen molar-refractivity contribution in [2.75, 3.05) is 0 Å². The van der Waals surface area contributed by atoms with Gasteiger partial charge in [-0.15, -0.1) is 5.10 Å². The molecule has 0 bridgehead atoms. The lowest BCUT2D eigenvalue weighted by Gasteiger charge is -1.88. The smallest absolute Gasteiger partial charge is 0.386 e. The van der Waals surface area contributed by atoms with Crippen molar-refractivity contribution in [2.45, 2.75) is 0 Å². The molecule has 0 aromatic carbocycles. The van der Waals surface area contributed by atoms with Gasteiger partial charge in [0.15, 0.2) is 0 Å². The maximum absolute atomic E-state index is 10.6. The summed E-state index contributed by atoms with van der Waals surface area (Å²) >= 11 is 0. The first kappa shape index (κ1) is 6.78. The zero-order chi connectivity index (χ0) is 8.39. The second-order valence-corrected chi connectivity index (χ2v) is 2.13. The van der Waals surface area contributed by atoms with Gasteiger partial charge in [0.1, 0.15) is 5.69 Å². The minimum absolute atomic E-state index is 0.209. The van der Waals surface area contributed by atoms with E-state index in [-0.39, 0.29) is 5.89 Å². The Morgan fingerprint density at radius 3 is 2.92 bits per heavy atom. The van der Waals surface area contributed by atoms with Crippen LogP contribution in [0.25, 0.3) is 11.6 Å². The maximum atomic E-state index is 10.6. The maximum Gasteiger partial charge on any atom is 0.434 e. The van der Waals surface area contributed by atoms with Crippen LogP contribution in [0.5, 0.6) is 0 Å². The summed E-state index contributed by atoms with van der Waals surface area (Å²) in [6.07, 6.45) is 1.60. The lowest BCUT2D eigenvalue weighted by atomic mass is 10.3. The van der Waals surface area contributed by atoms with Gasteiger partial charge in [-0.2, -0.15) is 0 Å². The van der Waals surface area contributed by atoms with Crippen LogP contribution in [-0.4, -0.2) is 15.2 Å². The number of H-pyrrole nitrogens is 1. The van der Waals surface area contributed by atoms with E-state index in [9.17, 15) is 4.79 Å². The quantitative estimate of drug-likeness (QED) is 0.661. The number of aromatic nitrogens is 3. The van der Waals surface area contributed by atoms with Crippen molar-refractivity contribution >= 4 is 0 Å². The van der Waals surface area contributed by atoms with Gasteiger partial charge in [-0.1, -0.05) is 6.07 Å². The van der Waals surface area contributed by atoms with E-state index >= 15 is 0 Å². The largest absolute Gasteiger partial charge is 0.434 e. The molecule has 2 rings (SSSR count). The van der Waals surface area contributed by atoms with Crippen LogP contribution in [-0.2, 0) is 0 Å². The van der Waals surface area contributed by atoms with Gasteiger partial charge in [0.05, 0.1) is 0 Å². The highest BCUT2D eigenvalue weighted by atomic mass is 16.4. The van der Waals surface area contributed by atoms with Gasteiger partial charge in [0, 0.05) is 6.20 Å². The molecule has 5 heteroatoms. The number of aromatic amines is 1. The molecule has 0 aliphatic heterocycles. The standard InChI is InChI=1S/C7H5N3O2/c11-7-10-9-6(12-7)5-3-1-2-4-8-5/h1-4H,(H,10,11). The molecule has 2 aromatic rings. The van der Waals surface area contributed by atoms with E-state index in [1.807, 2.05) is 0 Å². The van der Waals surface area contributed by atoms with E-state index in [0.717, 1.165) is 0 Å². The van der Waals surface area contributed by atoms with Crippen LogP contribution < -0.4 is 5.76 Å². The van der Waals surface area contributed by atoms with E-state index in [2.05, 4.69) is 19.6 Å². The Kier molecular flexibility index (Phi) is 1.48. The summed E-state index contributed by atoms with van der Waals surface area (Å²) in [7, 11) is 0. The zero-order valence-electron chi connectivity index (χ0n) is 6.02. The van der Waals surface area contributed by atoms with Gasteiger partial charge in [0.25, 0.3) is 5.89 Å². The highest BCUT2D eigenvalue weighted by Crippen LogP contribution is 2.08. The zero-order valence-corrected chi connectivity index (χ0v) is 6.02. The molecule has 0 saturated carbocycles. The monoisotopic (exact) mass is 163 g/mol. The first-order chi connectivity index (χ1) is 5.86. The molecule has 0 saturated heterocycles. The fraction of sp³-hybridized carbons (Fsp3) is 0. The Labute approximate surface area is 67.1 Å². The second kappa shape index (κ2) is 2.61. The Morgan fingerprint density at radius 1 is 1.42 bits per heavy atom. The van der Waals surface area contributed by atoms with Gasteiger partial charge < -0.3 is 4.42 Å². The molecule has 12 heavy (non-hydrogen) atoms. The molecule has 0 unspecified atom stereocenters.